The largest absolute Gasteiger partial charge is 0.496 e. The van der Waals surface area contributed by atoms with Crippen molar-refractivity contribution in [3.05, 3.63) is 65.4 Å². The molecule has 1 aliphatic heterocycles. The van der Waals surface area contributed by atoms with Crippen molar-refractivity contribution in [1.82, 2.24) is 25.4 Å². The molecule has 5 aliphatic rings. The number of anilines is 1. The van der Waals surface area contributed by atoms with E-state index in [0.29, 0.717) is 23.9 Å². The van der Waals surface area contributed by atoms with E-state index in [1.807, 2.05) is 71.1 Å². The Kier molecular flexibility index (Phi) is 12.9. The number of nitrogens with one attached hydrogen (secondary N) is 2. The van der Waals surface area contributed by atoms with Crippen LogP contribution in [0.1, 0.15) is 113 Å². The third-order valence-electron chi connectivity index (χ3n) is 13.1. The minimum atomic E-state index is -0.627. The minimum absolute atomic E-state index is 0.0164. The van der Waals surface area contributed by atoms with Gasteiger partial charge in [0.05, 0.1) is 31.0 Å². The molecule has 2 N–H and O–H groups in total. The van der Waals surface area contributed by atoms with E-state index in [9.17, 15) is 9.59 Å². The number of nitrogens with zero attached hydrogens (tertiary/aromatic N) is 4. The van der Waals surface area contributed by atoms with E-state index in [1.54, 1.807) is 14.2 Å². The Bertz CT molecular complexity index is 1740. The number of carbonyl (C=O) groups is 2. The number of methoxy groups -OCH3 is 2. The number of amides is 1. The van der Waals surface area contributed by atoms with Crippen molar-refractivity contribution < 1.29 is 23.8 Å². The Labute approximate surface area is 342 Å². The first-order chi connectivity index (χ1) is 27.1. The van der Waals surface area contributed by atoms with Crippen molar-refractivity contribution in [2.45, 2.75) is 108 Å². The highest BCUT2D eigenvalue weighted by Crippen LogP contribution is 2.64. The average molecular weight is 787 g/mol. The lowest BCUT2D eigenvalue weighted by molar-refractivity contribution is -0.195. The third-order valence-corrected chi connectivity index (χ3v) is 13.1. The summed E-state index contributed by atoms with van der Waals surface area (Å²) in [5.41, 5.74) is 2.08. The Hall–Kier alpha value is -3.80. The third kappa shape index (κ3) is 8.39. The van der Waals surface area contributed by atoms with E-state index in [1.165, 1.54) is 6.42 Å². The molecular weight excluding hydrogens is 717 g/mol. The second-order valence-corrected chi connectivity index (χ2v) is 18.6. The molecule has 4 aliphatic carbocycles. The predicted octanol–water partition coefficient (Wildman–Crippen LogP) is 7.00. The number of rotatable bonds is 17. The maximum atomic E-state index is 14.8. The Balaban J connectivity index is 1.43. The lowest BCUT2D eigenvalue weighted by Gasteiger charge is -2.68. The van der Waals surface area contributed by atoms with E-state index < -0.39 is 17.1 Å². The van der Waals surface area contributed by atoms with E-state index >= 15 is 0 Å². The fourth-order valence-electron chi connectivity index (χ4n) is 11.0. The normalized spacial score (nSPS) is 26.5. The van der Waals surface area contributed by atoms with Gasteiger partial charge < -0.3 is 34.6 Å². The summed E-state index contributed by atoms with van der Waals surface area (Å²) in [5.74, 6) is 1.97. The number of esters is 1. The molecule has 4 saturated carbocycles. The van der Waals surface area contributed by atoms with E-state index in [4.69, 9.17) is 14.2 Å². The van der Waals surface area contributed by atoms with Crippen molar-refractivity contribution in [3.8, 4) is 11.5 Å². The molecule has 4 unspecified atom stereocenters. The van der Waals surface area contributed by atoms with Crippen molar-refractivity contribution in [2.75, 3.05) is 73.6 Å². The number of hydrogen-bond acceptors (Lipinski definition) is 10. The summed E-state index contributed by atoms with van der Waals surface area (Å²) in [6, 6.07) is 11.8. The molecule has 4 bridgehead atoms. The second kappa shape index (κ2) is 17.2. The Morgan fingerprint density at radius 1 is 0.930 bits per heavy atom. The molecule has 57 heavy (non-hydrogen) atoms. The van der Waals surface area contributed by atoms with E-state index in [-0.39, 0.29) is 29.4 Å². The zero-order valence-electron chi connectivity index (χ0n) is 36.6. The average Bonchev–Trinajstić information content (AvgIpc) is 3.61. The van der Waals surface area contributed by atoms with Gasteiger partial charge in [-0.1, -0.05) is 19.9 Å². The van der Waals surface area contributed by atoms with Crippen molar-refractivity contribution in [1.29, 1.82) is 0 Å². The fraction of sp³-hybridized carbons (Fsp3) is 0.652. The molecule has 7 rings (SSSR count). The highest BCUT2D eigenvalue weighted by Gasteiger charge is 2.69. The molecule has 11 heteroatoms. The van der Waals surface area contributed by atoms with Crippen LogP contribution < -0.4 is 25.1 Å². The second-order valence-electron chi connectivity index (χ2n) is 18.6. The predicted molar refractivity (Wildman–Crippen MR) is 228 cm³/mol. The molecule has 4 atom stereocenters. The van der Waals surface area contributed by atoms with Gasteiger partial charge in [0.1, 0.15) is 29.1 Å². The molecule has 11 nitrogen and oxygen atoms in total. The van der Waals surface area contributed by atoms with Gasteiger partial charge in [0.15, 0.2) is 0 Å². The molecule has 314 valence electrons. The monoisotopic (exact) mass is 787 g/mol. The first-order valence-corrected chi connectivity index (χ1v) is 21.2. The molecule has 4 fully saturated rings. The van der Waals surface area contributed by atoms with Gasteiger partial charge in [-0.3, -0.25) is 19.6 Å². The summed E-state index contributed by atoms with van der Waals surface area (Å²) >= 11 is 0. The highest BCUT2D eigenvalue weighted by atomic mass is 16.6. The van der Waals surface area contributed by atoms with Gasteiger partial charge >= 0.3 is 5.97 Å². The summed E-state index contributed by atoms with van der Waals surface area (Å²) in [6.45, 7) is 13.9. The standard InChI is InChI=1S/C46H70N6O5/c1-31(2)35-26-34(42(53)50(9)23-14-22-49(8)21-13-20-47-6)17-18-36(35)52-37(40-38(55-10)15-12-16-39(40)56-11)19-24-51(52)46-29-32-25-33(30-46)28-45(27-32,48-7)41(46)43(54)57-44(3,4)5/h12,15-19,24,26,31-33,37,41,47-48H,13-14,20-23,25,27-30H2,1-11H3. The van der Waals surface area contributed by atoms with Gasteiger partial charge in [0.2, 0.25) is 0 Å². The van der Waals surface area contributed by atoms with Crippen LogP contribution in [0.25, 0.3) is 0 Å². The minimum Gasteiger partial charge on any atom is -0.496 e. The lowest BCUT2D eigenvalue weighted by Crippen LogP contribution is -2.77. The zero-order valence-corrected chi connectivity index (χ0v) is 36.6. The van der Waals surface area contributed by atoms with Gasteiger partial charge in [-0.15, -0.1) is 0 Å². The maximum absolute atomic E-state index is 14.8. The number of hydrazine groups is 1. The van der Waals surface area contributed by atoms with E-state index in [0.717, 1.165) is 86.5 Å². The Morgan fingerprint density at radius 3 is 2.16 bits per heavy atom. The number of hydrogen-bond donors (Lipinski definition) is 2. The summed E-state index contributed by atoms with van der Waals surface area (Å²) in [7, 11) is 11.5. The van der Waals surface area contributed by atoms with Crippen molar-refractivity contribution in [2.24, 2.45) is 17.8 Å². The summed E-state index contributed by atoms with van der Waals surface area (Å²) < 4.78 is 18.4. The van der Waals surface area contributed by atoms with Crippen molar-refractivity contribution >= 4 is 17.6 Å². The van der Waals surface area contributed by atoms with E-state index in [2.05, 4.69) is 70.9 Å². The zero-order chi connectivity index (χ0) is 41.3. The van der Waals surface area contributed by atoms with Crippen LogP contribution in [0.2, 0.25) is 0 Å². The van der Waals surface area contributed by atoms with Gasteiger partial charge in [0.25, 0.3) is 5.91 Å². The molecule has 2 aromatic carbocycles. The van der Waals surface area contributed by atoms with Crippen molar-refractivity contribution in [3.63, 3.8) is 0 Å². The number of ether oxygens (including phenoxy) is 3. The summed E-state index contributed by atoms with van der Waals surface area (Å²) in [5, 5.41) is 11.7. The van der Waals surface area contributed by atoms with Crippen LogP contribution in [-0.4, -0.2) is 112 Å². The summed E-state index contributed by atoms with van der Waals surface area (Å²) in [6.07, 6.45) is 11.3. The maximum Gasteiger partial charge on any atom is 0.313 e. The van der Waals surface area contributed by atoms with Crippen LogP contribution in [-0.2, 0) is 9.53 Å². The van der Waals surface area contributed by atoms with Crippen LogP contribution in [0.4, 0.5) is 5.69 Å². The lowest BCUT2D eigenvalue weighted by atomic mass is 9.45. The topological polar surface area (TPSA) is 98.9 Å². The molecule has 0 radical (unpaired) electrons. The SMILES string of the molecule is CNCCCN(C)CCCN(C)C(=O)c1ccc(N2C(c3c(OC)cccc3OC)C=CN2C23CC4CC(CC(NC)(C4)C2C(=O)OC(C)(C)C)C3)c(C(C)C)c1. The molecule has 2 aromatic rings. The molecule has 1 heterocycles. The highest BCUT2D eigenvalue weighted by molar-refractivity contribution is 5.95. The number of carbonyl (C=O) groups excluding carboxylic acids is 2. The smallest absolute Gasteiger partial charge is 0.313 e. The van der Waals surface area contributed by atoms with Gasteiger partial charge in [0, 0.05) is 30.9 Å². The molecular formula is C46H70N6O5. The van der Waals surface area contributed by atoms with Crippen LogP contribution >= 0.6 is 0 Å². The van der Waals surface area contributed by atoms with Crippen LogP contribution in [0.15, 0.2) is 48.7 Å². The van der Waals surface area contributed by atoms with Gasteiger partial charge in [-0.2, -0.15) is 0 Å². The summed E-state index contributed by atoms with van der Waals surface area (Å²) in [4.78, 5) is 33.0. The van der Waals surface area contributed by atoms with Crippen LogP contribution in [0, 0.1) is 17.8 Å². The molecule has 1 amide bonds. The first-order valence-electron chi connectivity index (χ1n) is 21.2. The molecule has 0 spiro atoms. The first kappa shape index (κ1) is 42.8. The van der Waals surface area contributed by atoms with Crippen LogP contribution in [0.3, 0.4) is 0 Å². The molecule has 0 saturated heterocycles. The molecule has 0 aromatic heterocycles. The fourth-order valence-corrected chi connectivity index (χ4v) is 11.0. The van der Waals surface area contributed by atoms with Gasteiger partial charge in [-0.25, -0.2) is 0 Å². The van der Waals surface area contributed by atoms with Gasteiger partial charge in [-0.05, 0) is 166 Å². The number of benzene rings is 2. The quantitative estimate of drug-likeness (QED) is 0.129. The Morgan fingerprint density at radius 2 is 1.58 bits per heavy atom. The van der Waals surface area contributed by atoms with Crippen LogP contribution in [0.5, 0.6) is 11.5 Å².